The van der Waals surface area contributed by atoms with Crippen LogP contribution in [0, 0.1) is 5.82 Å². The first-order chi connectivity index (χ1) is 10.0. The lowest BCUT2D eigenvalue weighted by Gasteiger charge is -2.09. The fourth-order valence-corrected chi connectivity index (χ4v) is 2.80. The van der Waals surface area contributed by atoms with E-state index >= 15 is 0 Å². The van der Waals surface area contributed by atoms with Crippen LogP contribution in [-0.4, -0.2) is 18.0 Å². The number of hydrogen-bond donors (Lipinski definition) is 1. The van der Waals surface area contributed by atoms with E-state index in [1.165, 1.54) is 24.8 Å². The number of rotatable bonds is 5. The van der Waals surface area contributed by atoms with Crippen LogP contribution < -0.4 is 4.74 Å². The fraction of sp³-hybridized carbons (Fsp3) is 0.188. The van der Waals surface area contributed by atoms with Gasteiger partial charge < -0.3 is 9.84 Å². The van der Waals surface area contributed by atoms with Gasteiger partial charge in [-0.25, -0.2) is 4.39 Å². The second-order valence-corrected chi connectivity index (χ2v) is 5.53. The Hall–Kier alpha value is -2.01. The van der Waals surface area contributed by atoms with Crippen LogP contribution in [0.2, 0.25) is 0 Å². The van der Waals surface area contributed by atoms with E-state index < -0.39 is 5.82 Å². The molecule has 0 aliphatic heterocycles. The minimum Gasteiger partial charge on any atom is -0.507 e. The maximum atomic E-state index is 13.5. The normalized spacial score (nSPS) is 10.4. The molecule has 0 saturated heterocycles. The van der Waals surface area contributed by atoms with E-state index in [1.54, 1.807) is 7.11 Å². The summed E-state index contributed by atoms with van der Waals surface area (Å²) in [5, 5.41) is 10.0. The van der Waals surface area contributed by atoms with Crippen LogP contribution in [0.15, 0.2) is 41.3 Å². The van der Waals surface area contributed by atoms with Crippen LogP contribution in [0.4, 0.5) is 4.39 Å². The maximum Gasteiger partial charge on any atom is 0.163 e. The molecule has 3 nitrogen and oxygen atoms in total. The van der Waals surface area contributed by atoms with Gasteiger partial charge in [0.15, 0.2) is 5.78 Å². The summed E-state index contributed by atoms with van der Waals surface area (Å²) in [6.45, 7) is 1.30. The first kappa shape index (κ1) is 15.4. The Bertz CT molecular complexity index is 671. The monoisotopic (exact) mass is 306 g/mol. The molecule has 0 aliphatic carbocycles. The number of phenolic OH excluding ortho intramolecular Hbond substituents is 1. The summed E-state index contributed by atoms with van der Waals surface area (Å²) < 4.78 is 18.7. The lowest BCUT2D eigenvalue weighted by Crippen LogP contribution is -1.97. The summed E-state index contributed by atoms with van der Waals surface area (Å²) in [6.07, 6.45) is 0. The topological polar surface area (TPSA) is 46.5 Å². The maximum absolute atomic E-state index is 13.5. The largest absolute Gasteiger partial charge is 0.507 e. The average molecular weight is 306 g/mol. The van der Waals surface area contributed by atoms with Gasteiger partial charge in [-0.15, -0.1) is 11.8 Å². The van der Waals surface area contributed by atoms with Crippen molar-refractivity contribution in [2.24, 2.45) is 0 Å². The van der Waals surface area contributed by atoms with Gasteiger partial charge in [0.25, 0.3) is 0 Å². The number of ketones is 1. The number of benzene rings is 2. The Kier molecular flexibility index (Phi) is 4.85. The van der Waals surface area contributed by atoms with Crippen molar-refractivity contribution in [1.29, 1.82) is 0 Å². The number of carbonyl (C=O) groups excluding carboxylic acids is 1. The van der Waals surface area contributed by atoms with Gasteiger partial charge in [-0.2, -0.15) is 0 Å². The lowest BCUT2D eigenvalue weighted by molar-refractivity contribution is 0.101. The van der Waals surface area contributed by atoms with E-state index in [4.69, 9.17) is 4.74 Å². The van der Waals surface area contributed by atoms with E-state index in [-0.39, 0.29) is 17.1 Å². The molecule has 2 aromatic carbocycles. The summed E-state index contributed by atoms with van der Waals surface area (Å²) in [5.41, 5.74) is 0.407. The Balaban J connectivity index is 2.21. The molecule has 0 spiro atoms. The minimum absolute atomic E-state index is 0.0104. The van der Waals surface area contributed by atoms with Crippen LogP contribution >= 0.6 is 11.8 Å². The SMILES string of the molecule is COc1cccc(SCc2cc(F)cc(C(C)=O)c2O)c1. The molecule has 0 radical (unpaired) electrons. The third-order valence-electron chi connectivity index (χ3n) is 2.97. The van der Waals surface area contributed by atoms with Gasteiger partial charge in [0.05, 0.1) is 12.7 Å². The quantitative estimate of drug-likeness (QED) is 0.669. The molecule has 0 fully saturated rings. The van der Waals surface area contributed by atoms with Gasteiger partial charge in [0.2, 0.25) is 0 Å². The third-order valence-corrected chi connectivity index (χ3v) is 4.01. The second kappa shape index (κ2) is 6.63. The van der Waals surface area contributed by atoms with E-state index in [2.05, 4.69) is 0 Å². The summed E-state index contributed by atoms with van der Waals surface area (Å²) in [5.74, 6) is 0.0443. The standard InChI is InChI=1S/C16H15FO3S/c1-10(18)15-7-12(17)6-11(16(15)19)9-21-14-5-3-4-13(8-14)20-2/h3-8,19H,9H2,1-2H3. The molecule has 2 aromatic rings. The Morgan fingerprint density at radius 3 is 2.76 bits per heavy atom. The van der Waals surface area contributed by atoms with Crippen LogP contribution in [0.25, 0.3) is 0 Å². The number of phenols is 1. The highest BCUT2D eigenvalue weighted by Gasteiger charge is 2.14. The molecule has 2 rings (SSSR count). The molecule has 0 aliphatic rings. The van der Waals surface area contributed by atoms with Gasteiger partial charge in [-0.05, 0) is 37.3 Å². The van der Waals surface area contributed by atoms with Crippen LogP contribution in [0.1, 0.15) is 22.8 Å². The summed E-state index contributed by atoms with van der Waals surface area (Å²) in [6, 6.07) is 9.74. The number of carbonyl (C=O) groups is 1. The van der Waals surface area contributed by atoms with Gasteiger partial charge in [0, 0.05) is 16.2 Å². The van der Waals surface area contributed by atoms with Crippen molar-refractivity contribution in [1.82, 2.24) is 0 Å². The highest BCUT2D eigenvalue weighted by Crippen LogP contribution is 2.32. The van der Waals surface area contributed by atoms with Gasteiger partial charge in [-0.3, -0.25) is 4.79 Å². The molecule has 0 amide bonds. The predicted octanol–water partition coefficient (Wildman–Crippen LogP) is 4.03. The zero-order chi connectivity index (χ0) is 15.4. The van der Waals surface area contributed by atoms with Crippen LogP contribution in [0.5, 0.6) is 11.5 Å². The molecule has 5 heteroatoms. The number of hydrogen-bond acceptors (Lipinski definition) is 4. The molecular weight excluding hydrogens is 291 g/mol. The smallest absolute Gasteiger partial charge is 0.163 e. The van der Waals surface area contributed by atoms with Crippen molar-refractivity contribution in [3.05, 3.63) is 53.3 Å². The summed E-state index contributed by atoms with van der Waals surface area (Å²) in [4.78, 5) is 12.3. The predicted molar refractivity (Wildman–Crippen MR) is 80.6 cm³/mol. The van der Waals surface area contributed by atoms with E-state index in [1.807, 2.05) is 24.3 Å². The number of methoxy groups -OCH3 is 1. The van der Waals surface area contributed by atoms with Crippen LogP contribution in [0.3, 0.4) is 0 Å². The molecule has 21 heavy (non-hydrogen) atoms. The molecule has 0 aromatic heterocycles. The second-order valence-electron chi connectivity index (χ2n) is 4.48. The van der Waals surface area contributed by atoms with Crippen molar-refractivity contribution >= 4 is 17.5 Å². The number of halogens is 1. The van der Waals surface area contributed by atoms with Crippen molar-refractivity contribution in [3.8, 4) is 11.5 Å². The Morgan fingerprint density at radius 2 is 2.10 bits per heavy atom. The van der Waals surface area contributed by atoms with Gasteiger partial charge in [0.1, 0.15) is 17.3 Å². The summed E-state index contributed by atoms with van der Waals surface area (Å²) >= 11 is 1.43. The number of ether oxygens (including phenoxy) is 1. The van der Waals surface area contributed by atoms with Gasteiger partial charge >= 0.3 is 0 Å². The molecular formula is C16H15FO3S. The highest BCUT2D eigenvalue weighted by atomic mass is 32.2. The van der Waals surface area contributed by atoms with Crippen molar-refractivity contribution < 1.29 is 19.0 Å². The van der Waals surface area contributed by atoms with Crippen molar-refractivity contribution in [2.75, 3.05) is 7.11 Å². The molecule has 110 valence electrons. The number of Topliss-reactive ketones (excluding diaryl/α,β-unsaturated/α-hetero) is 1. The minimum atomic E-state index is -0.528. The van der Waals surface area contributed by atoms with E-state index in [9.17, 15) is 14.3 Å². The Morgan fingerprint density at radius 1 is 1.33 bits per heavy atom. The van der Waals surface area contributed by atoms with E-state index in [0.717, 1.165) is 16.7 Å². The number of aromatic hydroxyl groups is 1. The van der Waals surface area contributed by atoms with Crippen molar-refractivity contribution in [3.63, 3.8) is 0 Å². The van der Waals surface area contributed by atoms with E-state index in [0.29, 0.717) is 11.3 Å². The molecule has 0 atom stereocenters. The molecule has 0 bridgehead atoms. The average Bonchev–Trinajstić information content (AvgIpc) is 2.47. The third kappa shape index (κ3) is 3.76. The molecule has 0 saturated carbocycles. The molecule has 1 N–H and O–H groups in total. The van der Waals surface area contributed by atoms with Gasteiger partial charge in [-0.1, -0.05) is 6.07 Å². The first-order valence-electron chi connectivity index (χ1n) is 6.30. The molecule has 0 heterocycles. The Labute approximate surface area is 126 Å². The zero-order valence-electron chi connectivity index (χ0n) is 11.7. The van der Waals surface area contributed by atoms with Crippen LogP contribution in [-0.2, 0) is 5.75 Å². The zero-order valence-corrected chi connectivity index (χ0v) is 12.5. The first-order valence-corrected chi connectivity index (χ1v) is 7.29. The lowest BCUT2D eigenvalue weighted by atomic mass is 10.1. The number of thioether (sulfide) groups is 1. The fourth-order valence-electron chi connectivity index (χ4n) is 1.89. The highest BCUT2D eigenvalue weighted by molar-refractivity contribution is 7.98. The van der Waals surface area contributed by atoms with Crippen molar-refractivity contribution in [2.45, 2.75) is 17.6 Å². The summed E-state index contributed by atoms with van der Waals surface area (Å²) in [7, 11) is 1.58. The molecule has 0 unspecified atom stereocenters.